The summed E-state index contributed by atoms with van der Waals surface area (Å²) in [5.74, 6) is 1.38. The Hall–Kier alpha value is -4.16. The third kappa shape index (κ3) is 5.06. The number of aromatic nitrogens is 3. The van der Waals surface area contributed by atoms with Gasteiger partial charge >= 0.3 is 0 Å². The van der Waals surface area contributed by atoms with Crippen LogP contribution in [0.1, 0.15) is 23.4 Å². The molecule has 0 bridgehead atoms. The fourth-order valence-electron chi connectivity index (χ4n) is 4.00. The number of ether oxygens (including phenoxy) is 1. The number of benzene rings is 2. The van der Waals surface area contributed by atoms with Crippen LogP contribution in [0, 0.1) is 10.1 Å². The van der Waals surface area contributed by atoms with Gasteiger partial charge in [0.2, 0.25) is 11.1 Å². The summed E-state index contributed by atoms with van der Waals surface area (Å²) in [7, 11) is 1.56. The highest BCUT2D eigenvalue weighted by Crippen LogP contribution is 2.39. The molecule has 1 unspecified atom stereocenters. The van der Waals surface area contributed by atoms with Crippen LogP contribution >= 0.6 is 23.1 Å². The molecule has 1 aliphatic heterocycles. The number of nitrogens with zero attached hydrogens (tertiary/aromatic N) is 4. The molecular weight excluding hydrogens is 512 g/mol. The number of nitro benzene ring substituents is 1. The molecule has 1 aliphatic rings. The number of fused-ring (bicyclic) bond motifs is 1. The molecule has 12 heteroatoms. The highest BCUT2D eigenvalue weighted by atomic mass is 32.2. The highest BCUT2D eigenvalue weighted by Gasteiger charge is 2.35. The zero-order valence-electron chi connectivity index (χ0n) is 19.9. The van der Waals surface area contributed by atoms with Crippen molar-refractivity contribution in [2.45, 2.75) is 23.9 Å². The van der Waals surface area contributed by atoms with Gasteiger partial charge in [0.05, 0.1) is 23.3 Å². The monoisotopic (exact) mass is 534 g/mol. The number of thioether (sulfide) groups is 1. The second kappa shape index (κ2) is 10.4. The van der Waals surface area contributed by atoms with Crippen LogP contribution < -0.4 is 15.4 Å². The molecule has 1 atom stereocenters. The molecule has 4 aromatic rings. The first-order valence-electron chi connectivity index (χ1n) is 11.2. The number of allylic oxidation sites excluding steroid dienone is 1. The molecule has 0 saturated carbocycles. The van der Waals surface area contributed by atoms with Gasteiger partial charge in [-0.1, -0.05) is 42.1 Å². The number of carbonyl (C=O) groups is 1. The average molecular weight is 535 g/mol. The molecular formula is C25H22N6O4S2. The first-order chi connectivity index (χ1) is 17.9. The van der Waals surface area contributed by atoms with E-state index in [0.29, 0.717) is 39.6 Å². The Kier molecular flexibility index (Phi) is 6.93. The molecule has 1 amide bonds. The van der Waals surface area contributed by atoms with E-state index in [1.54, 1.807) is 36.1 Å². The minimum atomic E-state index is -0.466. The van der Waals surface area contributed by atoms with Gasteiger partial charge in [-0.3, -0.25) is 14.9 Å². The van der Waals surface area contributed by atoms with Crippen molar-refractivity contribution in [1.29, 1.82) is 0 Å². The predicted octanol–water partition coefficient (Wildman–Crippen LogP) is 5.48. The maximum atomic E-state index is 13.6. The van der Waals surface area contributed by atoms with E-state index in [-0.39, 0.29) is 11.6 Å². The summed E-state index contributed by atoms with van der Waals surface area (Å²) in [5.41, 5.74) is 2.74. The van der Waals surface area contributed by atoms with Gasteiger partial charge in [-0.15, -0.1) is 16.4 Å². The van der Waals surface area contributed by atoms with E-state index in [2.05, 4.69) is 15.6 Å². The highest BCUT2D eigenvalue weighted by molar-refractivity contribution is 7.98. The summed E-state index contributed by atoms with van der Waals surface area (Å²) in [4.78, 5) is 29.6. The van der Waals surface area contributed by atoms with Crippen LogP contribution in [0.25, 0.3) is 0 Å². The maximum absolute atomic E-state index is 13.6. The number of nitro groups is 1. The summed E-state index contributed by atoms with van der Waals surface area (Å²) in [6.45, 7) is 1.85. The van der Waals surface area contributed by atoms with Crippen molar-refractivity contribution >= 4 is 46.3 Å². The molecule has 2 aromatic heterocycles. The number of hydrogen-bond donors (Lipinski definition) is 2. The van der Waals surface area contributed by atoms with E-state index in [0.717, 1.165) is 10.4 Å². The zero-order chi connectivity index (χ0) is 25.9. The van der Waals surface area contributed by atoms with Crippen molar-refractivity contribution in [3.8, 4) is 5.75 Å². The van der Waals surface area contributed by atoms with Gasteiger partial charge in [0, 0.05) is 28.5 Å². The van der Waals surface area contributed by atoms with Crippen LogP contribution in [0.2, 0.25) is 0 Å². The fourth-order valence-corrected chi connectivity index (χ4v) is 5.60. The third-order valence-electron chi connectivity index (χ3n) is 5.76. The Morgan fingerprint density at radius 3 is 2.70 bits per heavy atom. The molecule has 2 N–H and O–H groups in total. The van der Waals surface area contributed by atoms with E-state index in [1.165, 1.54) is 35.2 Å². The summed E-state index contributed by atoms with van der Waals surface area (Å²) in [6, 6.07) is 17.1. The Balaban J connectivity index is 1.42. The smallest absolute Gasteiger partial charge is 0.269 e. The van der Waals surface area contributed by atoms with Crippen LogP contribution in [-0.2, 0) is 10.5 Å². The third-order valence-corrected chi connectivity index (χ3v) is 7.59. The lowest BCUT2D eigenvalue weighted by Gasteiger charge is -2.27. The molecule has 0 radical (unpaired) electrons. The first kappa shape index (κ1) is 24.5. The van der Waals surface area contributed by atoms with Gasteiger partial charge in [-0.05, 0) is 36.1 Å². The Morgan fingerprint density at radius 2 is 2.00 bits per heavy atom. The van der Waals surface area contributed by atoms with E-state index in [9.17, 15) is 14.9 Å². The number of non-ortho nitro benzene ring substituents is 1. The normalized spacial score (nSPS) is 14.6. The number of nitrogens with one attached hydrogen (secondary N) is 2. The maximum Gasteiger partial charge on any atom is 0.269 e. The predicted molar refractivity (Wildman–Crippen MR) is 143 cm³/mol. The van der Waals surface area contributed by atoms with Crippen LogP contribution in [0.4, 0.5) is 17.3 Å². The number of thiophene rings is 1. The average Bonchev–Trinajstić information content (AvgIpc) is 3.57. The fraction of sp³-hybridized carbons (Fsp3) is 0.160. The van der Waals surface area contributed by atoms with Gasteiger partial charge in [-0.25, -0.2) is 4.68 Å². The second-order valence-corrected chi connectivity index (χ2v) is 10.0. The van der Waals surface area contributed by atoms with Gasteiger partial charge in [0.1, 0.15) is 11.8 Å². The van der Waals surface area contributed by atoms with Crippen molar-refractivity contribution in [2.24, 2.45) is 0 Å². The van der Waals surface area contributed by atoms with Gasteiger partial charge in [0.25, 0.3) is 11.6 Å². The molecule has 2 aromatic carbocycles. The Morgan fingerprint density at radius 1 is 1.22 bits per heavy atom. The molecule has 5 rings (SSSR count). The van der Waals surface area contributed by atoms with Crippen molar-refractivity contribution in [1.82, 2.24) is 14.8 Å². The summed E-state index contributed by atoms with van der Waals surface area (Å²) >= 11 is 2.95. The first-order valence-corrected chi connectivity index (χ1v) is 13.1. The van der Waals surface area contributed by atoms with Crippen LogP contribution in [0.5, 0.6) is 5.75 Å². The van der Waals surface area contributed by atoms with Crippen LogP contribution in [-0.4, -0.2) is 32.7 Å². The van der Waals surface area contributed by atoms with Crippen LogP contribution in [0.15, 0.2) is 82.5 Å². The number of carbonyl (C=O) groups excluding carboxylic acids is 1. The summed E-state index contributed by atoms with van der Waals surface area (Å²) in [6.07, 6.45) is 0. The van der Waals surface area contributed by atoms with Gasteiger partial charge in [0.15, 0.2) is 0 Å². The lowest BCUT2D eigenvalue weighted by molar-refractivity contribution is -0.384. The standard InChI is InChI=1S/C25H22N6O4S2/c1-15-21(23(32)27-18-6-3-4-7-19(18)35-2)22(20-8-5-13-36-20)30-24(26-15)28-25(29-30)37-14-16-9-11-17(12-10-16)31(33)34/h3-13,22H,14H2,1-2H3,(H,27,32)(H,26,28,29). The van der Waals surface area contributed by atoms with Crippen molar-refractivity contribution in [2.75, 3.05) is 17.7 Å². The molecule has 10 nitrogen and oxygen atoms in total. The van der Waals surface area contributed by atoms with Crippen molar-refractivity contribution in [3.05, 3.63) is 97.9 Å². The van der Waals surface area contributed by atoms with E-state index < -0.39 is 11.0 Å². The van der Waals surface area contributed by atoms with E-state index in [4.69, 9.17) is 9.84 Å². The Bertz CT molecular complexity index is 1480. The number of amides is 1. The zero-order valence-corrected chi connectivity index (χ0v) is 21.5. The second-order valence-electron chi connectivity index (χ2n) is 8.11. The van der Waals surface area contributed by atoms with E-state index in [1.807, 2.05) is 36.6 Å². The summed E-state index contributed by atoms with van der Waals surface area (Å²) in [5, 5.41) is 24.3. The molecule has 188 valence electrons. The number of anilines is 2. The molecule has 37 heavy (non-hydrogen) atoms. The van der Waals surface area contributed by atoms with Gasteiger partial charge in [-0.2, -0.15) is 4.98 Å². The number of hydrogen-bond acceptors (Lipinski definition) is 9. The number of para-hydroxylation sites is 2. The minimum absolute atomic E-state index is 0.0489. The lowest BCUT2D eigenvalue weighted by atomic mass is 10.0. The largest absolute Gasteiger partial charge is 0.495 e. The van der Waals surface area contributed by atoms with Crippen molar-refractivity contribution < 1.29 is 14.5 Å². The molecule has 3 heterocycles. The topological polar surface area (TPSA) is 124 Å². The Labute approximate surface area is 220 Å². The number of rotatable bonds is 8. The number of methoxy groups -OCH3 is 1. The summed E-state index contributed by atoms with van der Waals surface area (Å²) < 4.78 is 7.12. The lowest BCUT2D eigenvalue weighted by Crippen LogP contribution is -2.31. The molecule has 0 saturated heterocycles. The molecule has 0 spiro atoms. The SMILES string of the molecule is COc1ccccc1NC(=O)C1=C(C)Nc2nc(SCc3ccc([N+](=O)[O-])cc3)nn2C1c1cccs1. The van der Waals surface area contributed by atoms with Gasteiger partial charge < -0.3 is 15.4 Å². The van der Waals surface area contributed by atoms with Crippen molar-refractivity contribution in [3.63, 3.8) is 0 Å². The van der Waals surface area contributed by atoms with Crippen LogP contribution in [0.3, 0.4) is 0 Å². The molecule has 0 aliphatic carbocycles. The van der Waals surface area contributed by atoms with E-state index >= 15 is 0 Å². The molecule has 0 fully saturated rings. The quantitative estimate of drug-likeness (QED) is 0.173. The minimum Gasteiger partial charge on any atom is -0.495 e.